The Labute approximate surface area is 152 Å². The van der Waals surface area contributed by atoms with Crippen LogP contribution in [0.1, 0.15) is 12.0 Å². The van der Waals surface area contributed by atoms with Crippen LogP contribution in [-0.4, -0.2) is 73.0 Å². The van der Waals surface area contributed by atoms with Crippen molar-refractivity contribution in [1.29, 1.82) is 0 Å². The number of anilines is 1. The molecule has 1 fully saturated rings. The maximum atomic E-state index is 14.2. The number of halogens is 1. The maximum absolute atomic E-state index is 14.2. The third-order valence-corrected chi connectivity index (χ3v) is 4.32. The standard InChI is InChI=1S/C18H24FN3O4/c1-12-4-5-15(14(19)8-12)22-10-13(9-16(22)23)18(26)21(11-17(24)25)7-6-20(2)3/h4-5,8,13H,6-7,9-11H2,1-3H3,(H,24,25). The Kier molecular flexibility index (Phi) is 6.31. The van der Waals surface area contributed by atoms with E-state index in [2.05, 4.69) is 0 Å². The first-order valence-corrected chi connectivity index (χ1v) is 8.41. The lowest BCUT2D eigenvalue weighted by molar-refractivity contribution is -0.146. The number of amides is 2. The quantitative estimate of drug-likeness (QED) is 0.779. The number of benzene rings is 1. The number of likely N-dealkylation sites (N-methyl/N-ethyl adjacent to an activating group) is 1. The molecule has 1 N–H and O–H groups in total. The number of aryl methyl sites for hydroxylation is 1. The highest BCUT2D eigenvalue weighted by Gasteiger charge is 2.38. The number of aliphatic carboxylic acids is 1. The van der Waals surface area contributed by atoms with Crippen LogP contribution >= 0.6 is 0 Å². The van der Waals surface area contributed by atoms with Gasteiger partial charge in [-0.15, -0.1) is 0 Å². The van der Waals surface area contributed by atoms with Crippen LogP contribution < -0.4 is 4.90 Å². The molecule has 0 aliphatic carbocycles. The highest BCUT2D eigenvalue weighted by molar-refractivity contribution is 6.00. The molecule has 1 aromatic carbocycles. The minimum absolute atomic E-state index is 0.0513. The molecular weight excluding hydrogens is 341 g/mol. The molecule has 0 spiro atoms. The zero-order valence-corrected chi connectivity index (χ0v) is 15.2. The Morgan fingerprint density at radius 2 is 2.00 bits per heavy atom. The SMILES string of the molecule is Cc1ccc(N2CC(C(=O)N(CCN(C)C)CC(=O)O)CC2=O)c(F)c1. The largest absolute Gasteiger partial charge is 0.480 e. The Hall–Kier alpha value is -2.48. The highest BCUT2D eigenvalue weighted by atomic mass is 19.1. The number of carbonyl (C=O) groups is 3. The van der Waals surface area contributed by atoms with Gasteiger partial charge in [0.1, 0.15) is 12.4 Å². The van der Waals surface area contributed by atoms with Gasteiger partial charge in [0.05, 0.1) is 11.6 Å². The van der Waals surface area contributed by atoms with Crippen LogP contribution in [0.15, 0.2) is 18.2 Å². The van der Waals surface area contributed by atoms with E-state index in [9.17, 15) is 18.8 Å². The summed E-state index contributed by atoms with van der Waals surface area (Å²) in [6.45, 7) is 2.14. The molecule has 0 bridgehead atoms. The molecule has 142 valence electrons. The lowest BCUT2D eigenvalue weighted by Gasteiger charge is -2.25. The van der Waals surface area contributed by atoms with Crippen molar-refractivity contribution in [3.8, 4) is 0 Å². The van der Waals surface area contributed by atoms with Crippen LogP contribution in [0.3, 0.4) is 0 Å². The van der Waals surface area contributed by atoms with Gasteiger partial charge in [-0.25, -0.2) is 4.39 Å². The Morgan fingerprint density at radius 1 is 1.31 bits per heavy atom. The van der Waals surface area contributed by atoms with Gasteiger partial charge in [0.15, 0.2) is 0 Å². The summed E-state index contributed by atoms with van der Waals surface area (Å²) in [7, 11) is 3.65. The lowest BCUT2D eigenvalue weighted by atomic mass is 10.1. The maximum Gasteiger partial charge on any atom is 0.323 e. The van der Waals surface area contributed by atoms with Gasteiger partial charge in [0, 0.05) is 26.1 Å². The van der Waals surface area contributed by atoms with Crippen molar-refractivity contribution in [2.24, 2.45) is 5.92 Å². The molecule has 0 aromatic heterocycles. The fraction of sp³-hybridized carbons (Fsp3) is 0.500. The molecule has 1 heterocycles. The van der Waals surface area contributed by atoms with E-state index in [-0.39, 0.29) is 31.1 Å². The van der Waals surface area contributed by atoms with Crippen LogP contribution in [0.5, 0.6) is 0 Å². The van der Waals surface area contributed by atoms with E-state index in [0.29, 0.717) is 6.54 Å². The van der Waals surface area contributed by atoms with Crippen molar-refractivity contribution in [3.63, 3.8) is 0 Å². The van der Waals surface area contributed by atoms with Gasteiger partial charge in [-0.1, -0.05) is 6.07 Å². The molecule has 7 nitrogen and oxygen atoms in total. The molecule has 1 aliphatic heterocycles. The fourth-order valence-corrected chi connectivity index (χ4v) is 2.95. The van der Waals surface area contributed by atoms with Crippen LogP contribution in [-0.2, 0) is 14.4 Å². The predicted molar refractivity (Wildman–Crippen MR) is 94.4 cm³/mol. The molecular formula is C18H24FN3O4. The van der Waals surface area contributed by atoms with E-state index in [1.54, 1.807) is 13.0 Å². The van der Waals surface area contributed by atoms with Crippen molar-refractivity contribution in [1.82, 2.24) is 9.80 Å². The highest BCUT2D eigenvalue weighted by Crippen LogP contribution is 2.29. The molecule has 2 rings (SSSR count). The third-order valence-electron chi connectivity index (χ3n) is 4.32. The first kappa shape index (κ1) is 19.8. The molecule has 26 heavy (non-hydrogen) atoms. The Morgan fingerprint density at radius 3 is 2.58 bits per heavy atom. The molecule has 1 saturated heterocycles. The van der Waals surface area contributed by atoms with Crippen molar-refractivity contribution in [2.75, 3.05) is 45.2 Å². The number of carboxylic acid groups (broad SMARTS) is 1. The second-order valence-electron chi connectivity index (χ2n) is 6.82. The summed E-state index contributed by atoms with van der Waals surface area (Å²) < 4.78 is 14.2. The number of rotatable bonds is 7. The van der Waals surface area contributed by atoms with Crippen molar-refractivity contribution >= 4 is 23.5 Å². The molecule has 2 amide bonds. The first-order chi connectivity index (χ1) is 12.2. The molecule has 0 saturated carbocycles. The van der Waals surface area contributed by atoms with Crippen molar-refractivity contribution in [2.45, 2.75) is 13.3 Å². The predicted octanol–water partition coefficient (Wildman–Crippen LogP) is 0.962. The lowest BCUT2D eigenvalue weighted by Crippen LogP contribution is -2.43. The number of carboxylic acids is 1. The molecule has 0 radical (unpaired) electrons. The number of nitrogens with zero attached hydrogens (tertiary/aromatic N) is 3. The van der Waals surface area contributed by atoms with Gasteiger partial charge in [0.2, 0.25) is 11.8 Å². The van der Waals surface area contributed by atoms with Crippen molar-refractivity contribution in [3.05, 3.63) is 29.6 Å². The smallest absolute Gasteiger partial charge is 0.323 e. The molecule has 1 unspecified atom stereocenters. The number of hydrogen-bond donors (Lipinski definition) is 1. The van der Waals surface area contributed by atoms with Gasteiger partial charge in [-0.2, -0.15) is 0 Å². The molecule has 1 aliphatic rings. The number of carbonyl (C=O) groups excluding carboxylic acids is 2. The van der Waals surface area contributed by atoms with E-state index < -0.39 is 30.2 Å². The van der Waals surface area contributed by atoms with E-state index in [4.69, 9.17) is 5.11 Å². The van der Waals surface area contributed by atoms with Crippen molar-refractivity contribution < 1.29 is 23.9 Å². The minimum atomic E-state index is -1.11. The summed E-state index contributed by atoms with van der Waals surface area (Å²) in [6, 6.07) is 4.57. The second kappa shape index (κ2) is 8.27. The Balaban J connectivity index is 2.13. The van der Waals surface area contributed by atoms with E-state index in [0.717, 1.165) is 5.56 Å². The summed E-state index contributed by atoms with van der Waals surface area (Å²) in [4.78, 5) is 40.4. The molecule has 1 aromatic rings. The zero-order chi connectivity index (χ0) is 19.4. The van der Waals surface area contributed by atoms with Gasteiger partial charge in [-0.05, 0) is 38.7 Å². The average Bonchev–Trinajstić information content (AvgIpc) is 2.92. The van der Waals surface area contributed by atoms with Crippen LogP contribution in [0, 0.1) is 18.7 Å². The molecule has 1 atom stereocenters. The normalized spacial score (nSPS) is 17.0. The van der Waals surface area contributed by atoms with Gasteiger partial charge in [-0.3, -0.25) is 14.4 Å². The fourth-order valence-electron chi connectivity index (χ4n) is 2.95. The number of hydrogen-bond acceptors (Lipinski definition) is 4. The molecule has 8 heteroatoms. The first-order valence-electron chi connectivity index (χ1n) is 8.41. The second-order valence-corrected chi connectivity index (χ2v) is 6.82. The monoisotopic (exact) mass is 365 g/mol. The van der Waals surface area contributed by atoms with E-state index >= 15 is 0 Å². The van der Waals surface area contributed by atoms with Gasteiger partial charge in [0.25, 0.3) is 0 Å². The summed E-state index contributed by atoms with van der Waals surface area (Å²) in [5.74, 6) is -3.03. The Bertz CT molecular complexity index is 708. The summed E-state index contributed by atoms with van der Waals surface area (Å²) in [6.07, 6.45) is -0.0514. The van der Waals surface area contributed by atoms with Crippen LogP contribution in [0.4, 0.5) is 10.1 Å². The minimum Gasteiger partial charge on any atom is -0.480 e. The van der Waals surface area contributed by atoms with Gasteiger partial charge >= 0.3 is 5.97 Å². The van der Waals surface area contributed by atoms with Gasteiger partial charge < -0.3 is 19.8 Å². The van der Waals surface area contributed by atoms with E-state index in [1.165, 1.54) is 21.9 Å². The van der Waals surface area contributed by atoms with E-state index in [1.807, 2.05) is 19.0 Å². The average molecular weight is 365 g/mol. The summed E-state index contributed by atoms with van der Waals surface area (Å²) in [5.41, 5.74) is 0.885. The zero-order valence-electron chi connectivity index (χ0n) is 15.2. The van der Waals surface area contributed by atoms with Crippen LogP contribution in [0.25, 0.3) is 0 Å². The third kappa shape index (κ3) is 4.78. The summed E-state index contributed by atoms with van der Waals surface area (Å²) >= 11 is 0. The topological polar surface area (TPSA) is 81.2 Å². The van der Waals surface area contributed by atoms with Crippen LogP contribution in [0.2, 0.25) is 0 Å². The summed E-state index contributed by atoms with van der Waals surface area (Å²) in [5, 5.41) is 9.05.